The first kappa shape index (κ1) is 17.6. The van der Waals surface area contributed by atoms with E-state index < -0.39 is 35.1 Å². The van der Waals surface area contributed by atoms with Crippen LogP contribution in [0.4, 0.5) is 20.2 Å². The van der Waals surface area contributed by atoms with Crippen molar-refractivity contribution in [1.29, 1.82) is 0 Å². The SMILES string of the molecule is O=C(Nc1c(Cl)cccc1Cl)C1CC(=O)N(c2c(F)cccc2F)C1. The third kappa shape index (κ3) is 3.45. The van der Waals surface area contributed by atoms with Crippen molar-refractivity contribution in [3.05, 3.63) is 58.1 Å². The molecule has 1 N–H and O–H groups in total. The fourth-order valence-corrected chi connectivity index (χ4v) is 3.18. The number of hydrogen-bond donors (Lipinski definition) is 1. The van der Waals surface area contributed by atoms with E-state index in [1.165, 1.54) is 6.07 Å². The molecule has 1 atom stereocenters. The second-order valence-corrected chi connectivity index (χ2v) is 6.38. The third-order valence-electron chi connectivity index (χ3n) is 3.91. The van der Waals surface area contributed by atoms with E-state index in [2.05, 4.69) is 5.32 Å². The van der Waals surface area contributed by atoms with Crippen LogP contribution < -0.4 is 10.2 Å². The van der Waals surface area contributed by atoms with Gasteiger partial charge in [-0.1, -0.05) is 35.3 Å². The van der Waals surface area contributed by atoms with Gasteiger partial charge in [0.2, 0.25) is 11.8 Å². The molecule has 130 valence electrons. The van der Waals surface area contributed by atoms with Crippen molar-refractivity contribution >= 4 is 46.4 Å². The van der Waals surface area contributed by atoms with Crippen LogP contribution in [0.1, 0.15) is 6.42 Å². The van der Waals surface area contributed by atoms with Gasteiger partial charge < -0.3 is 10.2 Å². The summed E-state index contributed by atoms with van der Waals surface area (Å²) in [5.41, 5.74) is -0.211. The number of rotatable bonds is 3. The van der Waals surface area contributed by atoms with Crippen molar-refractivity contribution in [3.8, 4) is 0 Å². The van der Waals surface area contributed by atoms with Crippen LogP contribution in [0.2, 0.25) is 10.0 Å². The summed E-state index contributed by atoms with van der Waals surface area (Å²) in [7, 11) is 0. The summed E-state index contributed by atoms with van der Waals surface area (Å²) in [5, 5.41) is 3.08. The van der Waals surface area contributed by atoms with Gasteiger partial charge in [-0.05, 0) is 24.3 Å². The van der Waals surface area contributed by atoms with Crippen molar-refractivity contribution in [1.82, 2.24) is 0 Å². The van der Waals surface area contributed by atoms with Gasteiger partial charge in [-0.3, -0.25) is 9.59 Å². The van der Waals surface area contributed by atoms with Gasteiger partial charge in [-0.2, -0.15) is 0 Å². The van der Waals surface area contributed by atoms with Crippen molar-refractivity contribution in [3.63, 3.8) is 0 Å². The van der Waals surface area contributed by atoms with Crippen LogP contribution in [0.3, 0.4) is 0 Å². The molecular weight excluding hydrogens is 373 g/mol. The molecule has 0 bridgehead atoms. The Bertz CT molecular complexity index is 820. The van der Waals surface area contributed by atoms with Gasteiger partial charge in [-0.15, -0.1) is 0 Å². The van der Waals surface area contributed by atoms with Crippen LogP contribution in [0.5, 0.6) is 0 Å². The molecule has 1 aliphatic heterocycles. The average Bonchev–Trinajstić information content (AvgIpc) is 2.93. The van der Waals surface area contributed by atoms with Crippen LogP contribution in [0.15, 0.2) is 36.4 Å². The molecule has 3 rings (SSSR count). The van der Waals surface area contributed by atoms with Gasteiger partial charge in [0.1, 0.15) is 17.3 Å². The highest BCUT2D eigenvalue weighted by Gasteiger charge is 2.37. The molecule has 1 unspecified atom stereocenters. The quantitative estimate of drug-likeness (QED) is 0.858. The van der Waals surface area contributed by atoms with Gasteiger partial charge >= 0.3 is 0 Å². The summed E-state index contributed by atoms with van der Waals surface area (Å²) in [4.78, 5) is 25.5. The zero-order valence-corrected chi connectivity index (χ0v) is 14.2. The summed E-state index contributed by atoms with van der Waals surface area (Å²) >= 11 is 12.0. The minimum absolute atomic E-state index is 0.134. The Morgan fingerprint density at radius 2 is 1.64 bits per heavy atom. The Balaban J connectivity index is 1.80. The van der Waals surface area contributed by atoms with Crippen LogP contribution in [-0.4, -0.2) is 18.4 Å². The summed E-state index contributed by atoms with van der Waals surface area (Å²) in [6, 6.07) is 8.07. The van der Waals surface area contributed by atoms with E-state index in [4.69, 9.17) is 23.2 Å². The lowest BCUT2D eigenvalue weighted by molar-refractivity contribution is -0.122. The highest BCUT2D eigenvalue weighted by Crippen LogP contribution is 2.33. The summed E-state index contributed by atoms with van der Waals surface area (Å²) in [6.45, 7) is -0.134. The molecule has 1 saturated heterocycles. The predicted molar refractivity (Wildman–Crippen MR) is 91.9 cm³/mol. The second-order valence-electron chi connectivity index (χ2n) is 5.56. The Hall–Kier alpha value is -2.18. The van der Waals surface area contributed by atoms with E-state index >= 15 is 0 Å². The number of benzene rings is 2. The Morgan fingerprint density at radius 3 is 2.24 bits per heavy atom. The number of hydrogen-bond acceptors (Lipinski definition) is 2. The number of amides is 2. The lowest BCUT2D eigenvalue weighted by atomic mass is 10.1. The van der Waals surface area contributed by atoms with Crippen LogP contribution >= 0.6 is 23.2 Å². The van der Waals surface area contributed by atoms with E-state index in [1.807, 2.05) is 0 Å². The number of carbonyl (C=O) groups is 2. The minimum atomic E-state index is -0.858. The number of halogens is 4. The lowest BCUT2D eigenvalue weighted by Crippen LogP contribution is -2.29. The lowest BCUT2D eigenvalue weighted by Gasteiger charge is -2.18. The van der Waals surface area contributed by atoms with Crippen LogP contribution in [-0.2, 0) is 9.59 Å². The molecule has 0 aliphatic carbocycles. The summed E-state index contributed by atoms with van der Waals surface area (Å²) in [6.07, 6.45) is -0.165. The summed E-state index contributed by atoms with van der Waals surface area (Å²) in [5.74, 6) is -3.53. The molecule has 1 fully saturated rings. The molecule has 4 nitrogen and oxygen atoms in total. The fourth-order valence-electron chi connectivity index (χ4n) is 2.69. The first-order valence-electron chi connectivity index (χ1n) is 7.37. The second kappa shape index (κ2) is 6.98. The Labute approximate surface area is 152 Å². The number of nitrogens with one attached hydrogen (secondary N) is 1. The van der Waals surface area contributed by atoms with E-state index in [0.717, 1.165) is 17.0 Å². The van der Waals surface area contributed by atoms with E-state index in [1.54, 1.807) is 18.2 Å². The molecule has 2 amide bonds. The van der Waals surface area contributed by atoms with Gasteiger partial charge in [0.15, 0.2) is 0 Å². The maximum absolute atomic E-state index is 13.9. The Morgan fingerprint density at radius 1 is 1.08 bits per heavy atom. The van der Waals surface area contributed by atoms with Crippen LogP contribution in [0, 0.1) is 17.6 Å². The maximum atomic E-state index is 13.9. The topological polar surface area (TPSA) is 49.4 Å². The highest BCUT2D eigenvalue weighted by molar-refractivity contribution is 6.39. The van der Waals surface area contributed by atoms with Crippen molar-refractivity contribution in [2.45, 2.75) is 6.42 Å². The van der Waals surface area contributed by atoms with E-state index in [-0.39, 0.29) is 28.7 Å². The third-order valence-corrected chi connectivity index (χ3v) is 4.54. The van der Waals surface area contributed by atoms with Gasteiger partial charge in [0.05, 0.1) is 21.7 Å². The van der Waals surface area contributed by atoms with Crippen molar-refractivity contribution < 1.29 is 18.4 Å². The number of para-hydroxylation sites is 2. The first-order chi connectivity index (χ1) is 11.9. The molecule has 0 aromatic heterocycles. The molecule has 8 heteroatoms. The van der Waals surface area contributed by atoms with E-state index in [9.17, 15) is 18.4 Å². The smallest absolute Gasteiger partial charge is 0.229 e. The number of nitrogens with zero attached hydrogens (tertiary/aromatic N) is 1. The molecule has 25 heavy (non-hydrogen) atoms. The normalized spacial score (nSPS) is 17.0. The number of carbonyl (C=O) groups excluding carboxylic acids is 2. The average molecular weight is 385 g/mol. The zero-order valence-electron chi connectivity index (χ0n) is 12.7. The van der Waals surface area contributed by atoms with Gasteiger partial charge in [0.25, 0.3) is 0 Å². The first-order valence-corrected chi connectivity index (χ1v) is 8.13. The molecule has 1 heterocycles. The molecule has 2 aromatic rings. The fraction of sp³-hybridized carbons (Fsp3) is 0.176. The number of anilines is 2. The minimum Gasteiger partial charge on any atom is -0.323 e. The van der Waals surface area contributed by atoms with Gasteiger partial charge in [0, 0.05) is 13.0 Å². The molecule has 2 aromatic carbocycles. The van der Waals surface area contributed by atoms with E-state index in [0.29, 0.717) is 0 Å². The monoisotopic (exact) mass is 384 g/mol. The van der Waals surface area contributed by atoms with Crippen LogP contribution in [0.25, 0.3) is 0 Å². The van der Waals surface area contributed by atoms with Gasteiger partial charge in [-0.25, -0.2) is 8.78 Å². The molecule has 0 spiro atoms. The highest BCUT2D eigenvalue weighted by atomic mass is 35.5. The predicted octanol–water partition coefficient (Wildman–Crippen LogP) is 4.26. The van der Waals surface area contributed by atoms with Crippen molar-refractivity contribution in [2.75, 3.05) is 16.8 Å². The molecule has 0 radical (unpaired) electrons. The standard InChI is InChI=1S/C17H12Cl2F2N2O2/c18-10-3-1-4-11(19)15(10)22-17(25)9-7-14(24)23(8-9)16-12(20)5-2-6-13(16)21/h1-6,9H,7-8H2,(H,22,25). The largest absolute Gasteiger partial charge is 0.323 e. The maximum Gasteiger partial charge on any atom is 0.229 e. The van der Waals surface area contributed by atoms with Crippen molar-refractivity contribution in [2.24, 2.45) is 5.92 Å². The summed E-state index contributed by atoms with van der Waals surface area (Å²) < 4.78 is 27.8. The Kier molecular flexibility index (Phi) is 4.92. The molecular formula is C17H12Cl2F2N2O2. The molecule has 0 saturated carbocycles. The zero-order chi connectivity index (χ0) is 18.1. The molecule has 1 aliphatic rings.